The number of aliphatic hydroxyl groups excluding tert-OH is 2. The molecule has 0 atom stereocenters. The van der Waals surface area contributed by atoms with Gasteiger partial charge in [0.15, 0.2) is 0 Å². The van der Waals surface area contributed by atoms with Gasteiger partial charge < -0.3 is 19.7 Å². The number of aliphatic hydroxyl groups is 2. The van der Waals surface area contributed by atoms with Gasteiger partial charge in [-0.25, -0.2) is 0 Å². The van der Waals surface area contributed by atoms with Gasteiger partial charge in [-0.2, -0.15) is 0 Å². The summed E-state index contributed by atoms with van der Waals surface area (Å²) in [4.78, 5) is 0. The maximum atomic E-state index is 7.65. The minimum Gasteiger partial charge on any atom is -0.400 e. The highest BCUT2D eigenvalue weighted by Crippen LogP contribution is 1.56. The van der Waals surface area contributed by atoms with Crippen LogP contribution < -0.4 is 0 Å². The molecule has 0 aromatic heterocycles. The van der Waals surface area contributed by atoms with Gasteiger partial charge in [0.1, 0.15) is 6.79 Å². The number of rotatable bonds is 2. The first-order valence-corrected chi connectivity index (χ1v) is 4.28. The van der Waals surface area contributed by atoms with Gasteiger partial charge in [0, 0.05) is 27.9 Å². The second-order valence-electron chi connectivity index (χ2n) is 1.70. The molecule has 4 nitrogen and oxygen atoms in total. The van der Waals surface area contributed by atoms with Crippen LogP contribution in [0.1, 0.15) is 27.2 Å². The molecular weight excluding hydrogens is 172 g/mol. The molecule has 0 fully saturated rings. The van der Waals surface area contributed by atoms with Gasteiger partial charge in [-0.1, -0.05) is 20.3 Å². The van der Waals surface area contributed by atoms with Crippen LogP contribution in [-0.2, 0) is 9.47 Å². The van der Waals surface area contributed by atoms with E-state index in [4.69, 9.17) is 10.2 Å². The Labute approximate surface area is 82.5 Å². The molecule has 0 aliphatic heterocycles. The highest BCUT2D eigenvalue weighted by molar-refractivity contribution is 3.94. The van der Waals surface area contributed by atoms with E-state index in [2.05, 4.69) is 23.3 Å². The predicted octanol–water partition coefficient (Wildman–Crippen LogP) is 1.26. The van der Waals surface area contributed by atoms with E-state index in [1.54, 1.807) is 7.11 Å². The average molecular weight is 198 g/mol. The summed E-state index contributed by atoms with van der Waals surface area (Å²) in [5.41, 5.74) is 0. The monoisotopic (exact) mass is 198 g/mol. The molecule has 86 valence electrons. The van der Waals surface area contributed by atoms with Crippen molar-refractivity contribution in [2.75, 3.05) is 34.7 Å². The maximum Gasteiger partial charge on any atom is 0.143 e. The standard InChI is InChI=1S/C3H8O.C3H8.C2H6O2.CH4O/c1-3-4-2;1-3-2;1-4-2-3;1-2/h3H2,1-2H3;3H2,1-2H3;3H,2H2,1H3;2H,1H3. The molecule has 0 bridgehead atoms. The van der Waals surface area contributed by atoms with Crippen LogP contribution in [0.2, 0.25) is 0 Å². The Kier molecular flexibility index (Phi) is 105. The third kappa shape index (κ3) is 339. The Bertz CT molecular complexity index is 26.8. The van der Waals surface area contributed by atoms with E-state index in [1.165, 1.54) is 13.5 Å². The zero-order valence-electron chi connectivity index (χ0n) is 9.83. The molecule has 0 amide bonds. The molecule has 0 rings (SSSR count). The third-order valence-electron chi connectivity index (χ3n) is 0.418. The van der Waals surface area contributed by atoms with Crippen molar-refractivity contribution in [1.82, 2.24) is 0 Å². The fourth-order valence-electron chi connectivity index (χ4n) is 0. The third-order valence-corrected chi connectivity index (χ3v) is 0.418. The van der Waals surface area contributed by atoms with Gasteiger partial charge in [-0.3, -0.25) is 0 Å². The van der Waals surface area contributed by atoms with Gasteiger partial charge >= 0.3 is 0 Å². The Hall–Kier alpha value is -0.160. The van der Waals surface area contributed by atoms with E-state index in [-0.39, 0.29) is 6.79 Å². The molecule has 4 heteroatoms. The maximum absolute atomic E-state index is 7.65. The molecule has 13 heavy (non-hydrogen) atoms. The first-order chi connectivity index (χ1) is 6.24. The van der Waals surface area contributed by atoms with E-state index in [1.807, 2.05) is 6.92 Å². The quantitative estimate of drug-likeness (QED) is 0.656. The van der Waals surface area contributed by atoms with Crippen molar-refractivity contribution in [1.29, 1.82) is 0 Å². The van der Waals surface area contributed by atoms with E-state index in [0.29, 0.717) is 0 Å². The normalized spacial score (nSPS) is 6.46. The van der Waals surface area contributed by atoms with E-state index >= 15 is 0 Å². The minimum absolute atomic E-state index is 0.181. The number of methoxy groups -OCH3 is 2. The molecule has 0 aliphatic carbocycles. The SMILES string of the molecule is CCC.CCOC.CO.COCO. The molecule has 0 spiro atoms. The van der Waals surface area contributed by atoms with Crippen LogP contribution in [0.4, 0.5) is 0 Å². The van der Waals surface area contributed by atoms with Crippen molar-refractivity contribution in [3.8, 4) is 0 Å². The number of hydrogen-bond acceptors (Lipinski definition) is 4. The van der Waals surface area contributed by atoms with Crippen molar-refractivity contribution in [2.45, 2.75) is 27.2 Å². The van der Waals surface area contributed by atoms with Crippen molar-refractivity contribution < 1.29 is 19.7 Å². The zero-order valence-corrected chi connectivity index (χ0v) is 9.83. The first kappa shape index (κ1) is 23.0. The van der Waals surface area contributed by atoms with Crippen LogP contribution in [0, 0.1) is 0 Å². The summed E-state index contributed by atoms with van der Waals surface area (Å²) in [7, 11) is 4.11. The summed E-state index contributed by atoms with van der Waals surface area (Å²) in [5.74, 6) is 0. The fourth-order valence-corrected chi connectivity index (χ4v) is 0. The van der Waals surface area contributed by atoms with Crippen LogP contribution in [0.25, 0.3) is 0 Å². The molecule has 0 aliphatic rings. The minimum atomic E-state index is -0.181. The molecule has 0 aromatic carbocycles. The van der Waals surface area contributed by atoms with Crippen LogP contribution >= 0.6 is 0 Å². The first-order valence-electron chi connectivity index (χ1n) is 4.28. The van der Waals surface area contributed by atoms with Crippen LogP contribution in [0.5, 0.6) is 0 Å². The zero-order chi connectivity index (χ0) is 11.5. The van der Waals surface area contributed by atoms with Crippen molar-refractivity contribution in [3.63, 3.8) is 0 Å². The molecule has 0 aromatic rings. The van der Waals surface area contributed by atoms with Gasteiger partial charge in [0.25, 0.3) is 0 Å². The van der Waals surface area contributed by atoms with Crippen molar-refractivity contribution >= 4 is 0 Å². The second-order valence-corrected chi connectivity index (χ2v) is 1.70. The molecule has 0 saturated heterocycles. The highest BCUT2D eigenvalue weighted by atomic mass is 16.6. The molecule has 0 heterocycles. The highest BCUT2D eigenvalue weighted by Gasteiger charge is 1.52. The average Bonchev–Trinajstić information content (AvgIpc) is 2.22. The smallest absolute Gasteiger partial charge is 0.143 e. The Morgan fingerprint density at radius 2 is 1.08 bits per heavy atom. The lowest BCUT2D eigenvalue weighted by molar-refractivity contribution is 0.0325. The Morgan fingerprint density at radius 3 is 1.08 bits per heavy atom. The molecule has 2 N–H and O–H groups in total. The number of hydrogen-bond donors (Lipinski definition) is 2. The molecule has 0 unspecified atom stereocenters. The lowest BCUT2D eigenvalue weighted by Gasteiger charge is -1.76. The molecular formula is C9H26O4. The van der Waals surface area contributed by atoms with Crippen molar-refractivity contribution in [3.05, 3.63) is 0 Å². The Morgan fingerprint density at radius 1 is 0.923 bits per heavy atom. The van der Waals surface area contributed by atoms with Gasteiger partial charge in [-0.05, 0) is 6.92 Å². The summed E-state index contributed by atoms with van der Waals surface area (Å²) in [6.07, 6.45) is 1.25. The lowest BCUT2D eigenvalue weighted by Crippen LogP contribution is -1.79. The topological polar surface area (TPSA) is 58.9 Å². The largest absolute Gasteiger partial charge is 0.400 e. The summed E-state index contributed by atoms with van der Waals surface area (Å²) >= 11 is 0. The summed E-state index contributed by atoms with van der Waals surface area (Å²) in [6, 6.07) is 0. The molecule has 0 saturated carbocycles. The predicted molar refractivity (Wildman–Crippen MR) is 55.8 cm³/mol. The van der Waals surface area contributed by atoms with Crippen LogP contribution in [0.15, 0.2) is 0 Å². The van der Waals surface area contributed by atoms with Crippen LogP contribution in [-0.4, -0.2) is 44.9 Å². The van der Waals surface area contributed by atoms with Gasteiger partial charge in [0.2, 0.25) is 0 Å². The molecule has 0 radical (unpaired) electrons. The fraction of sp³-hybridized carbons (Fsp3) is 1.00. The van der Waals surface area contributed by atoms with E-state index < -0.39 is 0 Å². The van der Waals surface area contributed by atoms with E-state index in [9.17, 15) is 0 Å². The van der Waals surface area contributed by atoms with Gasteiger partial charge in [0.05, 0.1) is 0 Å². The summed E-state index contributed by atoms with van der Waals surface area (Å²) in [5, 5.41) is 14.7. The van der Waals surface area contributed by atoms with E-state index in [0.717, 1.165) is 13.7 Å². The lowest BCUT2D eigenvalue weighted by atomic mass is 10.6. The van der Waals surface area contributed by atoms with Crippen LogP contribution in [0.3, 0.4) is 0 Å². The number of ether oxygens (including phenoxy) is 2. The van der Waals surface area contributed by atoms with Gasteiger partial charge in [-0.15, -0.1) is 0 Å². The second kappa shape index (κ2) is 59.4. The van der Waals surface area contributed by atoms with Crippen molar-refractivity contribution in [2.24, 2.45) is 0 Å². The summed E-state index contributed by atoms with van der Waals surface area (Å²) < 4.78 is 8.64. The Balaban J connectivity index is -0.0000000431. The summed E-state index contributed by atoms with van der Waals surface area (Å²) in [6.45, 7) is 6.85.